The number of hydrogen-bond acceptors (Lipinski definition) is 4. The van der Waals surface area contributed by atoms with E-state index in [1.807, 2.05) is 54.6 Å². The molecule has 0 aliphatic heterocycles. The zero-order valence-electron chi connectivity index (χ0n) is 20.0. The van der Waals surface area contributed by atoms with E-state index in [9.17, 15) is 9.59 Å². The summed E-state index contributed by atoms with van der Waals surface area (Å²) in [5, 5.41) is 2.90. The van der Waals surface area contributed by atoms with E-state index in [-0.39, 0.29) is 30.5 Å². The lowest BCUT2D eigenvalue weighted by atomic mass is 9.85. The van der Waals surface area contributed by atoms with Gasteiger partial charge in [0.2, 0.25) is 5.91 Å². The number of hydrogen-bond donors (Lipinski definition) is 2. The molecule has 2 aliphatic carbocycles. The molecule has 2 amide bonds. The van der Waals surface area contributed by atoms with Crippen LogP contribution in [-0.4, -0.2) is 29.0 Å². The van der Waals surface area contributed by atoms with E-state index in [4.69, 9.17) is 10.5 Å². The number of benzene rings is 2. The molecule has 34 heavy (non-hydrogen) atoms. The highest BCUT2D eigenvalue weighted by Gasteiger charge is 2.33. The van der Waals surface area contributed by atoms with Crippen LogP contribution in [0.25, 0.3) is 0 Å². The Morgan fingerprint density at radius 2 is 1.56 bits per heavy atom. The van der Waals surface area contributed by atoms with Crippen molar-refractivity contribution in [1.82, 2.24) is 4.90 Å². The molecule has 2 aromatic carbocycles. The van der Waals surface area contributed by atoms with E-state index in [0.717, 1.165) is 62.5 Å². The summed E-state index contributed by atoms with van der Waals surface area (Å²) in [5.74, 6) is 0.377. The maximum Gasteiger partial charge on any atom is 0.411 e. The summed E-state index contributed by atoms with van der Waals surface area (Å²) in [6.45, 7) is 0.702. The zero-order valence-corrected chi connectivity index (χ0v) is 20.0. The van der Waals surface area contributed by atoms with E-state index >= 15 is 0 Å². The minimum absolute atomic E-state index is 0.111. The van der Waals surface area contributed by atoms with Gasteiger partial charge in [-0.15, -0.1) is 0 Å². The highest BCUT2D eigenvalue weighted by atomic mass is 16.5. The number of nitrogens with zero attached hydrogens (tertiary/aromatic N) is 1. The van der Waals surface area contributed by atoms with Crippen molar-refractivity contribution in [2.24, 2.45) is 11.7 Å². The normalized spacial score (nSPS) is 21.0. The van der Waals surface area contributed by atoms with Crippen LogP contribution in [0.4, 0.5) is 10.5 Å². The van der Waals surface area contributed by atoms with E-state index in [1.54, 1.807) is 0 Å². The van der Waals surface area contributed by atoms with E-state index in [0.29, 0.717) is 12.2 Å². The van der Waals surface area contributed by atoms with Crippen LogP contribution in [0.1, 0.15) is 68.9 Å². The minimum atomic E-state index is -0.495. The lowest BCUT2D eigenvalue weighted by Gasteiger charge is -2.39. The maximum absolute atomic E-state index is 13.7. The number of para-hydroxylation sites is 1. The Labute approximate surface area is 202 Å². The number of carbonyl (C=O) groups excluding carboxylic acids is 2. The summed E-state index contributed by atoms with van der Waals surface area (Å²) < 4.78 is 5.42. The van der Waals surface area contributed by atoms with Gasteiger partial charge in [0.1, 0.15) is 6.61 Å². The van der Waals surface area contributed by atoms with Crippen molar-refractivity contribution in [3.63, 3.8) is 0 Å². The van der Waals surface area contributed by atoms with Crippen LogP contribution in [0.2, 0.25) is 0 Å². The van der Waals surface area contributed by atoms with Gasteiger partial charge in [-0.2, -0.15) is 0 Å². The van der Waals surface area contributed by atoms with Crippen molar-refractivity contribution < 1.29 is 14.3 Å². The molecule has 0 radical (unpaired) electrons. The third kappa shape index (κ3) is 6.60. The maximum atomic E-state index is 13.7. The molecule has 182 valence electrons. The number of ether oxygens (including phenoxy) is 1. The molecule has 0 saturated heterocycles. The van der Waals surface area contributed by atoms with Gasteiger partial charge in [0.25, 0.3) is 0 Å². The van der Waals surface area contributed by atoms with Gasteiger partial charge in [0.15, 0.2) is 0 Å². The third-order valence-corrected chi connectivity index (χ3v) is 7.23. The number of anilines is 1. The fourth-order valence-corrected chi connectivity index (χ4v) is 5.22. The Morgan fingerprint density at radius 1 is 0.882 bits per heavy atom. The average Bonchev–Trinajstić information content (AvgIpc) is 2.88. The standard InChI is InChI=1S/C28H37N3O3/c29-24-15-17-25(18-16-24)31(27(32)22-11-5-2-6-12-22)19-23-13-7-8-14-26(23)30-28(33)34-20-21-9-3-1-4-10-21/h1,3-4,7-10,13-14,22,24-25H,2,5-6,11-12,15-20,29H2,(H,30,33). The summed E-state index contributed by atoms with van der Waals surface area (Å²) >= 11 is 0. The van der Waals surface area contributed by atoms with Crippen molar-refractivity contribution >= 4 is 17.7 Å². The Bertz CT molecular complexity index is 935. The van der Waals surface area contributed by atoms with Gasteiger partial charge in [-0.1, -0.05) is 67.8 Å². The van der Waals surface area contributed by atoms with Gasteiger partial charge >= 0.3 is 6.09 Å². The highest BCUT2D eigenvalue weighted by molar-refractivity contribution is 5.86. The SMILES string of the molecule is NC1CCC(N(Cc2ccccc2NC(=O)OCc2ccccc2)C(=O)C2CCCCC2)CC1. The molecule has 4 rings (SSSR count). The first-order valence-corrected chi connectivity index (χ1v) is 12.7. The van der Waals surface area contributed by atoms with Crippen LogP contribution < -0.4 is 11.1 Å². The summed E-state index contributed by atoms with van der Waals surface area (Å²) in [5.41, 5.74) is 8.71. The van der Waals surface area contributed by atoms with Gasteiger partial charge in [-0.3, -0.25) is 10.1 Å². The number of rotatable bonds is 7. The minimum Gasteiger partial charge on any atom is -0.444 e. The molecule has 0 heterocycles. The first kappa shape index (κ1) is 24.3. The molecule has 2 saturated carbocycles. The molecule has 0 bridgehead atoms. The molecule has 2 aliphatic rings. The van der Waals surface area contributed by atoms with Crippen molar-refractivity contribution in [2.45, 2.75) is 83.0 Å². The molecule has 6 heteroatoms. The van der Waals surface area contributed by atoms with Crippen LogP contribution >= 0.6 is 0 Å². The first-order valence-electron chi connectivity index (χ1n) is 12.7. The second kappa shape index (κ2) is 12.0. The largest absolute Gasteiger partial charge is 0.444 e. The monoisotopic (exact) mass is 463 g/mol. The molecule has 6 nitrogen and oxygen atoms in total. The quantitative estimate of drug-likeness (QED) is 0.559. The van der Waals surface area contributed by atoms with Crippen molar-refractivity contribution in [1.29, 1.82) is 0 Å². The number of carbonyl (C=O) groups is 2. The Balaban J connectivity index is 1.46. The summed E-state index contributed by atoms with van der Waals surface area (Å²) in [6.07, 6.45) is 8.72. The smallest absolute Gasteiger partial charge is 0.411 e. The van der Waals surface area contributed by atoms with Crippen LogP contribution in [0.3, 0.4) is 0 Å². The molecule has 0 aromatic heterocycles. The fourth-order valence-electron chi connectivity index (χ4n) is 5.22. The molecule has 0 atom stereocenters. The summed E-state index contributed by atoms with van der Waals surface area (Å²) in [7, 11) is 0. The Kier molecular flexibility index (Phi) is 8.58. The zero-order chi connectivity index (χ0) is 23.8. The second-order valence-electron chi connectivity index (χ2n) is 9.71. The molecule has 3 N–H and O–H groups in total. The van der Waals surface area contributed by atoms with Crippen molar-refractivity contribution in [3.05, 3.63) is 65.7 Å². The average molecular weight is 464 g/mol. The third-order valence-electron chi connectivity index (χ3n) is 7.23. The van der Waals surface area contributed by atoms with E-state index < -0.39 is 6.09 Å². The number of nitrogens with one attached hydrogen (secondary N) is 1. The van der Waals surface area contributed by atoms with Crippen molar-refractivity contribution in [3.8, 4) is 0 Å². The van der Waals surface area contributed by atoms with Gasteiger partial charge in [-0.05, 0) is 55.7 Å². The number of nitrogens with two attached hydrogens (primary N) is 1. The fraction of sp³-hybridized carbons (Fsp3) is 0.500. The van der Waals surface area contributed by atoms with Gasteiger partial charge in [0.05, 0.1) is 0 Å². The van der Waals surface area contributed by atoms with Crippen LogP contribution in [0.5, 0.6) is 0 Å². The molecule has 2 aromatic rings. The summed E-state index contributed by atoms with van der Waals surface area (Å²) in [6, 6.07) is 17.8. The van der Waals surface area contributed by atoms with Crippen LogP contribution in [0.15, 0.2) is 54.6 Å². The van der Waals surface area contributed by atoms with Gasteiger partial charge < -0.3 is 15.4 Å². The Morgan fingerprint density at radius 3 is 2.29 bits per heavy atom. The molecule has 0 unspecified atom stereocenters. The molecular formula is C28H37N3O3. The van der Waals surface area contributed by atoms with Crippen molar-refractivity contribution in [2.75, 3.05) is 5.32 Å². The van der Waals surface area contributed by atoms with Crippen LogP contribution in [0, 0.1) is 5.92 Å². The van der Waals surface area contributed by atoms with E-state index in [2.05, 4.69) is 10.2 Å². The molecule has 2 fully saturated rings. The number of amides is 2. The summed E-state index contributed by atoms with van der Waals surface area (Å²) in [4.78, 5) is 28.3. The lowest BCUT2D eigenvalue weighted by Crippen LogP contribution is -2.46. The first-order chi connectivity index (χ1) is 16.6. The van der Waals surface area contributed by atoms with E-state index in [1.165, 1.54) is 6.42 Å². The predicted molar refractivity (Wildman–Crippen MR) is 134 cm³/mol. The van der Waals surface area contributed by atoms with Gasteiger partial charge in [-0.25, -0.2) is 4.79 Å². The topological polar surface area (TPSA) is 84.7 Å². The van der Waals surface area contributed by atoms with Crippen LogP contribution in [-0.2, 0) is 22.7 Å². The van der Waals surface area contributed by atoms with Gasteiger partial charge in [0, 0.05) is 30.2 Å². The predicted octanol–water partition coefficient (Wildman–Crippen LogP) is 5.61. The molecular weight excluding hydrogens is 426 g/mol. The molecule has 0 spiro atoms. The second-order valence-corrected chi connectivity index (χ2v) is 9.71. The lowest BCUT2D eigenvalue weighted by molar-refractivity contribution is -0.140. The Hall–Kier alpha value is -2.86. The highest BCUT2D eigenvalue weighted by Crippen LogP contribution is 2.31.